The van der Waals surface area contributed by atoms with Crippen molar-refractivity contribution < 1.29 is 13.2 Å². The first-order valence-corrected chi connectivity index (χ1v) is 11.7. The van der Waals surface area contributed by atoms with E-state index < -0.39 is 10.0 Å². The van der Waals surface area contributed by atoms with Crippen LogP contribution in [0.4, 0.5) is 17.5 Å². The lowest BCUT2D eigenvalue weighted by atomic mass is 10.2. The Morgan fingerprint density at radius 3 is 2.34 bits per heavy atom. The average molecular weight is 455 g/mol. The molecule has 0 amide bonds. The maximum absolute atomic E-state index is 13.0. The number of nitrogens with zero attached hydrogens (tertiary/aromatic N) is 5. The van der Waals surface area contributed by atoms with E-state index in [4.69, 9.17) is 4.74 Å². The van der Waals surface area contributed by atoms with Crippen LogP contribution in [0.2, 0.25) is 0 Å². The van der Waals surface area contributed by atoms with Crippen LogP contribution in [-0.2, 0) is 10.0 Å². The van der Waals surface area contributed by atoms with Crippen LogP contribution < -0.4 is 15.0 Å². The second-order valence-electron chi connectivity index (χ2n) is 7.64. The van der Waals surface area contributed by atoms with Gasteiger partial charge in [-0.25, -0.2) is 13.4 Å². The highest BCUT2D eigenvalue weighted by Crippen LogP contribution is 2.25. The van der Waals surface area contributed by atoms with E-state index in [-0.39, 0.29) is 4.90 Å². The molecule has 9 nitrogen and oxygen atoms in total. The standard InChI is InChI=1S/C22H26N6O3S/c1-16-8-9-23-21(14-16)24-20-6-7-22(26-25-20)27-10-12-28(13-11-27)32(29,30)18-4-5-19(31-3)17(2)15-18/h4-9,14-15H,10-13H2,1-3H3,(H,23,24,25). The monoisotopic (exact) mass is 454 g/mol. The number of rotatable bonds is 6. The summed E-state index contributed by atoms with van der Waals surface area (Å²) in [4.78, 5) is 6.58. The number of hydrogen-bond acceptors (Lipinski definition) is 8. The number of hydrogen-bond donors (Lipinski definition) is 1. The molecule has 1 N–H and O–H groups in total. The number of nitrogens with one attached hydrogen (secondary N) is 1. The predicted molar refractivity (Wildman–Crippen MR) is 123 cm³/mol. The van der Waals surface area contributed by atoms with Crippen LogP contribution in [0.5, 0.6) is 5.75 Å². The number of aryl methyl sites for hydroxylation is 2. The second kappa shape index (κ2) is 9.09. The first kappa shape index (κ1) is 22.0. The highest BCUT2D eigenvalue weighted by molar-refractivity contribution is 7.89. The van der Waals surface area contributed by atoms with Crippen LogP contribution in [0.3, 0.4) is 0 Å². The molecule has 0 atom stereocenters. The van der Waals surface area contributed by atoms with Crippen molar-refractivity contribution in [2.75, 3.05) is 43.5 Å². The lowest BCUT2D eigenvalue weighted by Gasteiger charge is -2.34. The quantitative estimate of drug-likeness (QED) is 0.607. The molecule has 1 aromatic carbocycles. The third-order valence-corrected chi connectivity index (χ3v) is 7.28. The summed E-state index contributed by atoms with van der Waals surface area (Å²) in [5.74, 6) is 2.69. The van der Waals surface area contributed by atoms with Crippen LogP contribution in [0.15, 0.2) is 53.6 Å². The molecule has 0 radical (unpaired) electrons. The van der Waals surface area contributed by atoms with E-state index in [0.717, 1.165) is 11.1 Å². The maximum Gasteiger partial charge on any atom is 0.243 e. The number of anilines is 3. The van der Waals surface area contributed by atoms with Crippen molar-refractivity contribution >= 4 is 27.5 Å². The van der Waals surface area contributed by atoms with E-state index in [9.17, 15) is 8.42 Å². The molecule has 0 unspecified atom stereocenters. The van der Waals surface area contributed by atoms with Gasteiger partial charge in [-0.15, -0.1) is 10.2 Å². The van der Waals surface area contributed by atoms with Crippen LogP contribution in [0.25, 0.3) is 0 Å². The fraction of sp³-hybridized carbons (Fsp3) is 0.318. The largest absolute Gasteiger partial charge is 0.496 e. The Hall–Kier alpha value is -3.24. The lowest BCUT2D eigenvalue weighted by Crippen LogP contribution is -2.49. The molecular weight excluding hydrogens is 428 g/mol. The molecule has 0 spiro atoms. The highest BCUT2D eigenvalue weighted by atomic mass is 32.2. The summed E-state index contributed by atoms with van der Waals surface area (Å²) in [6.07, 6.45) is 1.74. The van der Waals surface area contributed by atoms with Crippen molar-refractivity contribution in [3.63, 3.8) is 0 Å². The molecule has 0 aliphatic carbocycles. The first-order chi connectivity index (χ1) is 15.4. The fourth-order valence-corrected chi connectivity index (χ4v) is 5.12. The zero-order chi connectivity index (χ0) is 22.7. The number of piperazine rings is 1. The Morgan fingerprint density at radius 1 is 0.938 bits per heavy atom. The molecular formula is C22H26N6O3S. The van der Waals surface area contributed by atoms with E-state index in [1.165, 1.54) is 4.31 Å². The minimum absolute atomic E-state index is 0.282. The summed E-state index contributed by atoms with van der Waals surface area (Å²) >= 11 is 0. The van der Waals surface area contributed by atoms with Crippen LogP contribution >= 0.6 is 0 Å². The van der Waals surface area contributed by atoms with Gasteiger partial charge in [0.05, 0.1) is 12.0 Å². The molecule has 0 bridgehead atoms. The summed E-state index contributed by atoms with van der Waals surface area (Å²) in [5, 5.41) is 11.7. The number of ether oxygens (including phenoxy) is 1. The summed E-state index contributed by atoms with van der Waals surface area (Å²) < 4.78 is 32.8. The van der Waals surface area contributed by atoms with Gasteiger partial charge in [0.1, 0.15) is 11.6 Å². The van der Waals surface area contributed by atoms with Crippen LogP contribution in [-0.4, -0.2) is 61.2 Å². The zero-order valence-electron chi connectivity index (χ0n) is 18.3. The SMILES string of the molecule is COc1ccc(S(=O)(=O)N2CCN(c3ccc(Nc4cc(C)ccn4)nn3)CC2)cc1C. The molecule has 0 saturated carbocycles. The third-order valence-electron chi connectivity index (χ3n) is 5.39. The van der Waals surface area contributed by atoms with Gasteiger partial charge in [-0.3, -0.25) is 0 Å². The third kappa shape index (κ3) is 4.66. The molecule has 1 aliphatic heterocycles. The number of benzene rings is 1. The van der Waals surface area contributed by atoms with Gasteiger partial charge in [-0.05, 0) is 67.4 Å². The van der Waals surface area contributed by atoms with Gasteiger partial charge in [-0.2, -0.15) is 4.31 Å². The average Bonchev–Trinajstić information content (AvgIpc) is 2.79. The van der Waals surface area contributed by atoms with Gasteiger partial charge in [-0.1, -0.05) is 0 Å². The second-order valence-corrected chi connectivity index (χ2v) is 9.58. The lowest BCUT2D eigenvalue weighted by molar-refractivity contribution is 0.383. The van der Waals surface area contributed by atoms with Crippen molar-refractivity contribution in [3.05, 3.63) is 59.8 Å². The van der Waals surface area contributed by atoms with Crippen molar-refractivity contribution in [2.24, 2.45) is 0 Å². The number of sulfonamides is 1. The Morgan fingerprint density at radius 2 is 1.72 bits per heavy atom. The van der Waals surface area contributed by atoms with Crippen LogP contribution in [0.1, 0.15) is 11.1 Å². The first-order valence-electron chi connectivity index (χ1n) is 10.3. The zero-order valence-corrected chi connectivity index (χ0v) is 19.1. The van der Waals surface area contributed by atoms with E-state index in [1.807, 2.05) is 43.0 Å². The summed E-state index contributed by atoms with van der Waals surface area (Å²) in [7, 11) is -1.99. The van der Waals surface area contributed by atoms with Crippen molar-refractivity contribution in [2.45, 2.75) is 18.7 Å². The van der Waals surface area contributed by atoms with Gasteiger partial charge in [0, 0.05) is 32.4 Å². The molecule has 168 valence electrons. The number of pyridine rings is 1. The van der Waals surface area contributed by atoms with Crippen molar-refractivity contribution in [1.82, 2.24) is 19.5 Å². The molecule has 1 saturated heterocycles. The van der Waals surface area contributed by atoms with E-state index in [2.05, 4.69) is 20.5 Å². The summed E-state index contributed by atoms with van der Waals surface area (Å²) in [6, 6.07) is 12.5. The van der Waals surface area contributed by atoms with Gasteiger partial charge in [0.15, 0.2) is 11.6 Å². The topological polar surface area (TPSA) is 101 Å². The molecule has 32 heavy (non-hydrogen) atoms. The maximum atomic E-state index is 13.0. The summed E-state index contributed by atoms with van der Waals surface area (Å²) in [5.41, 5.74) is 1.89. The van der Waals surface area contributed by atoms with E-state index >= 15 is 0 Å². The Labute approximate surface area is 188 Å². The minimum Gasteiger partial charge on any atom is -0.496 e. The van der Waals surface area contributed by atoms with Gasteiger partial charge in [0.25, 0.3) is 0 Å². The van der Waals surface area contributed by atoms with Gasteiger partial charge in [0.2, 0.25) is 10.0 Å². The molecule has 2 aromatic heterocycles. The molecule has 3 heterocycles. The predicted octanol–water partition coefficient (Wildman–Crippen LogP) is 2.75. The summed E-state index contributed by atoms with van der Waals surface area (Å²) in [6.45, 7) is 5.66. The molecule has 1 fully saturated rings. The Bertz CT molecular complexity index is 1190. The van der Waals surface area contributed by atoms with E-state index in [1.54, 1.807) is 31.5 Å². The van der Waals surface area contributed by atoms with Gasteiger partial charge < -0.3 is 15.0 Å². The van der Waals surface area contributed by atoms with Crippen molar-refractivity contribution in [3.8, 4) is 5.75 Å². The fourth-order valence-electron chi connectivity index (χ4n) is 3.61. The van der Waals surface area contributed by atoms with Crippen molar-refractivity contribution in [1.29, 1.82) is 0 Å². The Kier molecular flexibility index (Phi) is 6.24. The molecule has 10 heteroatoms. The molecule has 1 aliphatic rings. The normalized spacial score (nSPS) is 14.9. The minimum atomic E-state index is -3.56. The highest BCUT2D eigenvalue weighted by Gasteiger charge is 2.29. The van der Waals surface area contributed by atoms with Gasteiger partial charge >= 0.3 is 0 Å². The molecule has 4 rings (SSSR count). The number of aromatic nitrogens is 3. The van der Waals surface area contributed by atoms with E-state index in [0.29, 0.717) is 49.4 Å². The van der Waals surface area contributed by atoms with Crippen LogP contribution in [0, 0.1) is 13.8 Å². The number of methoxy groups -OCH3 is 1. The Balaban J connectivity index is 1.39. The smallest absolute Gasteiger partial charge is 0.243 e. The molecule has 3 aromatic rings.